The molecular formula is C11H11F3N2O2. The number of halogens is 3. The van der Waals surface area contributed by atoms with Crippen molar-refractivity contribution in [2.45, 2.75) is 12.3 Å². The van der Waals surface area contributed by atoms with Crippen LogP contribution >= 0.6 is 0 Å². The van der Waals surface area contributed by atoms with Crippen LogP contribution < -0.4 is 5.32 Å². The van der Waals surface area contributed by atoms with Crippen molar-refractivity contribution < 1.29 is 23.1 Å². The summed E-state index contributed by atoms with van der Waals surface area (Å²) in [5.74, 6) is -0.720. The van der Waals surface area contributed by atoms with Gasteiger partial charge in [-0.15, -0.1) is 0 Å². The number of nitrogens with one attached hydrogen (secondary N) is 1. The Morgan fingerprint density at radius 2 is 2.28 bits per heavy atom. The first-order chi connectivity index (χ1) is 8.39. The van der Waals surface area contributed by atoms with Crippen LogP contribution in [0.15, 0.2) is 30.6 Å². The van der Waals surface area contributed by atoms with Gasteiger partial charge >= 0.3 is 6.18 Å². The summed E-state index contributed by atoms with van der Waals surface area (Å²) in [5.41, 5.74) is 0.643. The third kappa shape index (κ3) is 4.96. The molecule has 0 fully saturated rings. The number of aliphatic hydroxyl groups excluding tert-OH is 1. The smallest absolute Gasteiger partial charge is 0.382 e. The standard InChI is InChI=1S/C11H11F3N2O2/c12-11(13,14)9(17)7-16-10(18)4-3-8-2-1-5-15-6-8/h1-6,9,17H,7H2,(H,16,18)/b4-3+. The molecule has 1 aromatic rings. The van der Waals surface area contributed by atoms with E-state index in [0.717, 1.165) is 6.08 Å². The second kappa shape index (κ2) is 6.15. The van der Waals surface area contributed by atoms with E-state index in [1.807, 2.05) is 5.32 Å². The van der Waals surface area contributed by atoms with Gasteiger partial charge in [-0.1, -0.05) is 6.07 Å². The zero-order chi connectivity index (χ0) is 13.6. The van der Waals surface area contributed by atoms with Gasteiger partial charge in [0.1, 0.15) is 0 Å². The van der Waals surface area contributed by atoms with Gasteiger partial charge in [0.2, 0.25) is 5.91 Å². The van der Waals surface area contributed by atoms with Crippen LogP contribution in [0.1, 0.15) is 5.56 Å². The van der Waals surface area contributed by atoms with E-state index in [-0.39, 0.29) is 0 Å². The van der Waals surface area contributed by atoms with E-state index in [1.54, 1.807) is 18.3 Å². The molecule has 0 saturated heterocycles. The lowest BCUT2D eigenvalue weighted by atomic mass is 10.2. The highest BCUT2D eigenvalue weighted by molar-refractivity contribution is 5.91. The maximum Gasteiger partial charge on any atom is 0.416 e. The number of pyridine rings is 1. The molecule has 0 aliphatic carbocycles. The maximum absolute atomic E-state index is 11.9. The normalized spacial score (nSPS) is 13.6. The fraction of sp³-hybridized carbons (Fsp3) is 0.273. The molecule has 1 rings (SSSR count). The lowest BCUT2D eigenvalue weighted by molar-refractivity contribution is -0.201. The third-order valence-corrected chi connectivity index (χ3v) is 1.96. The number of hydrogen-bond donors (Lipinski definition) is 2. The molecule has 2 N–H and O–H groups in total. The van der Waals surface area contributed by atoms with Gasteiger partial charge in [-0.3, -0.25) is 9.78 Å². The molecule has 0 aliphatic rings. The number of aliphatic hydroxyl groups is 1. The van der Waals surface area contributed by atoms with Crippen LogP contribution in [0, 0.1) is 0 Å². The predicted octanol–water partition coefficient (Wildman–Crippen LogP) is 1.13. The van der Waals surface area contributed by atoms with Gasteiger partial charge in [-0.2, -0.15) is 13.2 Å². The fourth-order valence-electron chi connectivity index (χ4n) is 1.02. The first kappa shape index (κ1) is 14.2. The highest BCUT2D eigenvalue weighted by atomic mass is 19.4. The number of aromatic nitrogens is 1. The average molecular weight is 260 g/mol. The van der Waals surface area contributed by atoms with E-state index in [0.29, 0.717) is 5.56 Å². The van der Waals surface area contributed by atoms with Gasteiger partial charge in [-0.25, -0.2) is 0 Å². The molecule has 0 spiro atoms. The molecule has 4 nitrogen and oxygen atoms in total. The van der Waals surface area contributed by atoms with Crippen molar-refractivity contribution in [1.82, 2.24) is 10.3 Å². The minimum atomic E-state index is -4.74. The van der Waals surface area contributed by atoms with Gasteiger partial charge in [0, 0.05) is 18.5 Å². The Balaban J connectivity index is 2.41. The van der Waals surface area contributed by atoms with E-state index in [1.165, 1.54) is 12.3 Å². The van der Waals surface area contributed by atoms with Crippen molar-refractivity contribution in [2.75, 3.05) is 6.54 Å². The number of rotatable bonds is 4. The molecule has 98 valence electrons. The Hall–Kier alpha value is -1.89. The van der Waals surface area contributed by atoms with Crippen LogP contribution in [0.4, 0.5) is 13.2 Å². The Kier molecular flexibility index (Phi) is 4.85. The fourth-order valence-corrected chi connectivity index (χ4v) is 1.02. The van der Waals surface area contributed by atoms with Gasteiger partial charge in [0.25, 0.3) is 0 Å². The minimum absolute atomic E-state index is 0.643. The Morgan fingerprint density at radius 3 is 2.83 bits per heavy atom. The molecule has 0 radical (unpaired) electrons. The predicted molar refractivity (Wildman–Crippen MR) is 58.3 cm³/mol. The number of alkyl halides is 3. The summed E-state index contributed by atoms with van der Waals surface area (Å²) in [6, 6.07) is 3.34. The van der Waals surface area contributed by atoms with E-state index < -0.39 is 24.7 Å². The van der Waals surface area contributed by atoms with Crippen LogP contribution in [0.3, 0.4) is 0 Å². The molecule has 1 aromatic heterocycles. The summed E-state index contributed by atoms with van der Waals surface area (Å²) in [7, 11) is 0. The summed E-state index contributed by atoms with van der Waals surface area (Å²) in [6.45, 7) is -0.875. The van der Waals surface area contributed by atoms with Gasteiger partial charge in [0.15, 0.2) is 6.10 Å². The highest BCUT2D eigenvalue weighted by Gasteiger charge is 2.37. The molecular weight excluding hydrogens is 249 g/mol. The molecule has 0 saturated carbocycles. The quantitative estimate of drug-likeness (QED) is 0.798. The lowest BCUT2D eigenvalue weighted by Crippen LogP contribution is -2.40. The van der Waals surface area contributed by atoms with Crippen molar-refractivity contribution in [3.8, 4) is 0 Å². The van der Waals surface area contributed by atoms with E-state index in [4.69, 9.17) is 5.11 Å². The van der Waals surface area contributed by atoms with Crippen molar-refractivity contribution in [1.29, 1.82) is 0 Å². The highest BCUT2D eigenvalue weighted by Crippen LogP contribution is 2.19. The van der Waals surface area contributed by atoms with Crippen LogP contribution in [0.5, 0.6) is 0 Å². The average Bonchev–Trinajstić information content (AvgIpc) is 2.33. The largest absolute Gasteiger partial charge is 0.416 e. The van der Waals surface area contributed by atoms with Gasteiger partial charge < -0.3 is 10.4 Å². The molecule has 1 unspecified atom stereocenters. The van der Waals surface area contributed by atoms with Crippen LogP contribution in [-0.2, 0) is 4.79 Å². The molecule has 18 heavy (non-hydrogen) atoms. The Morgan fingerprint density at radius 1 is 1.56 bits per heavy atom. The van der Waals surface area contributed by atoms with Crippen LogP contribution in [0.25, 0.3) is 6.08 Å². The van der Waals surface area contributed by atoms with E-state index in [9.17, 15) is 18.0 Å². The first-order valence-corrected chi connectivity index (χ1v) is 5.00. The molecule has 0 aromatic carbocycles. The topological polar surface area (TPSA) is 62.2 Å². The maximum atomic E-state index is 11.9. The summed E-state index contributed by atoms with van der Waals surface area (Å²) < 4.78 is 35.8. The first-order valence-electron chi connectivity index (χ1n) is 5.00. The SMILES string of the molecule is O=C(/C=C/c1cccnc1)NCC(O)C(F)(F)F. The van der Waals surface area contributed by atoms with Crippen molar-refractivity contribution in [3.05, 3.63) is 36.2 Å². The number of carbonyl (C=O) groups excluding carboxylic acids is 1. The van der Waals surface area contributed by atoms with E-state index >= 15 is 0 Å². The summed E-state index contributed by atoms with van der Waals surface area (Å²) in [4.78, 5) is 14.9. The molecule has 1 amide bonds. The molecule has 1 atom stereocenters. The van der Waals surface area contributed by atoms with Crippen molar-refractivity contribution in [2.24, 2.45) is 0 Å². The van der Waals surface area contributed by atoms with Crippen molar-refractivity contribution >= 4 is 12.0 Å². The number of hydrogen-bond acceptors (Lipinski definition) is 3. The summed E-state index contributed by atoms with van der Waals surface area (Å²) >= 11 is 0. The molecule has 1 heterocycles. The number of amides is 1. The lowest BCUT2D eigenvalue weighted by Gasteiger charge is -2.14. The monoisotopic (exact) mass is 260 g/mol. The zero-order valence-corrected chi connectivity index (χ0v) is 9.19. The number of carbonyl (C=O) groups is 1. The molecule has 7 heteroatoms. The second-order valence-electron chi connectivity index (χ2n) is 3.42. The zero-order valence-electron chi connectivity index (χ0n) is 9.19. The Labute approximate surface area is 101 Å². The van der Waals surface area contributed by atoms with Gasteiger partial charge in [-0.05, 0) is 17.7 Å². The Bertz CT molecular complexity index is 418. The second-order valence-corrected chi connectivity index (χ2v) is 3.42. The summed E-state index contributed by atoms with van der Waals surface area (Å²) in [5, 5.41) is 10.6. The van der Waals surface area contributed by atoms with Crippen molar-refractivity contribution in [3.63, 3.8) is 0 Å². The van der Waals surface area contributed by atoms with E-state index in [2.05, 4.69) is 4.98 Å². The molecule has 0 aliphatic heterocycles. The van der Waals surface area contributed by atoms with Crippen LogP contribution in [-0.4, -0.2) is 34.8 Å². The van der Waals surface area contributed by atoms with Gasteiger partial charge in [0.05, 0.1) is 6.54 Å². The summed E-state index contributed by atoms with van der Waals surface area (Å²) in [6.07, 6.45) is -1.78. The molecule has 0 bridgehead atoms. The number of nitrogens with zero attached hydrogens (tertiary/aromatic N) is 1. The third-order valence-electron chi connectivity index (χ3n) is 1.96. The minimum Gasteiger partial charge on any atom is -0.382 e. The van der Waals surface area contributed by atoms with Crippen LogP contribution in [0.2, 0.25) is 0 Å².